The van der Waals surface area contributed by atoms with Crippen LogP contribution in [-0.2, 0) is 14.8 Å². The molecule has 1 fully saturated rings. The first-order valence-electron chi connectivity index (χ1n) is 6.51. The minimum absolute atomic E-state index is 0.00866. The number of hydrogen-bond donors (Lipinski definition) is 0. The Kier molecular flexibility index (Phi) is 4.71. The van der Waals surface area contributed by atoms with Crippen LogP contribution in [0.2, 0.25) is 0 Å². The van der Waals surface area contributed by atoms with Crippen LogP contribution in [0.3, 0.4) is 0 Å². The number of carbonyl (C=O) groups excluding carboxylic acids is 1. The third-order valence-corrected chi connectivity index (χ3v) is 6.52. The van der Waals surface area contributed by atoms with Gasteiger partial charge >= 0.3 is 5.97 Å². The molecule has 1 aromatic rings. The van der Waals surface area contributed by atoms with Crippen molar-refractivity contribution in [2.24, 2.45) is 5.92 Å². The van der Waals surface area contributed by atoms with E-state index < -0.39 is 16.0 Å². The molecule has 0 unspecified atom stereocenters. The predicted molar refractivity (Wildman–Crippen MR) is 80.7 cm³/mol. The first-order chi connectivity index (χ1) is 9.91. The summed E-state index contributed by atoms with van der Waals surface area (Å²) in [6.07, 6.45) is 7.33. The summed E-state index contributed by atoms with van der Waals surface area (Å²) in [6, 6.07) is 0. The zero-order valence-electron chi connectivity index (χ0n) is 12.0. The topological polar surface area (TPSA) is 63.7 Å². The average molecular weight is 327 g/mol. The van der Waals surface area contributed by atoms with Gasteiger partial charge in [-0.1, -0.05) is 5.92 Å². The number of ether oxygens (including phenoxy) is 1. The molecule has 0 N–H and O–H groups in total. The fourth-order valence-electron chi connectivity index (χ4n) is 2.05. The fraction of sp³-hybridized carbons (Fsp3) is 0.500. The number of carbonyl (C=O) groups is 1. The maximum Gasteiger partial charge on any atom is 0.349 e. The molecule has 21 heavy (non-hydrogen) atoms. The van der Waals surface area contributed by atoms with E-state index in [1.807, 2.05) is 0 Å². The van der Waals surface area contributed by atoms with E-state index >= 15 is 0 Å². The van der Waals surface area contributed by atoms with Crippen molar-refractivity contribution in [3.05, 3.63) is 15.8 Å². The Labute approximate surface area is 129 Å². The number of hydrogen-bond acceptors (Lipinski definition) is 5. The summed E-state index contributed by atoms with van der Waals surface area (Å²) in [6.45, 7) is 2.08. The van der Waals surface area contributed by atoms with Crippen LogP contribution < -0.4 is 0 Å². The van der Waals surface area contributed by atoms with Crippen molar-refractivity contribution in [1.29, 1.82) is 0 Å². The van der Waals surface area contributed by atoms with E-state index in [-0.39, 0.29) is 16.3 Å². The highest BCUT2D eigenvalue weighted by atomic mass is 32.2. The summed E-state index contributed by atoms with van der Waals surface area (Å²) >= 11 is 1.07. The maximum atomic E-state index is 12.8. The first-order valence-corrected chi connectivity index (χ1v) is 8.83. The number of esters is 1. The van der Waals surface area contributed by atoms with E-state index in [1.165, 1.54) is 11.4 Å². The van der Waals surface area contributed by atoms with Crippen LogP contribution in [0.25, 0.3) is 0 Å². The number of rotatable bonds is 6. The van der Waals surface area contributed by atoms with Crippen LogP contribution in [0.1, 0.15) is 28.1 Å². The quantitative estimate of drug-likeness (QED) is 0.591. The van der Waals surface area contributed by atoms with Crippen LogP contribution in [0.5, 0.6) is 0 Å². The minimum atomic E-state index is -3.79. The van der Waals surface area contributed by atoms with Crippen LogP contribution in [0.4, 0.5) is 0 Å². The molecule has 0 atom stereocenters. The highest BCUT2D eigenvalue weighted by Crippen LogP contribution is 2.34. The fourth-order valence-corrected chi connectivity index (χ4v) is 5.14. The van der Waals surface area contributed by atoms with Crippen molar-refractivity contribution in [3.63, 3.8) is 0 Å². The number of nitrogens with zero attached hydrogens (tertiary/aromatic N) is 1. The van der Waals surface area contributed by atoms with E-state index in [9.17, 15) is 13.2 Å². The van der Waals surface area contributed by atoms with Gasteiger partial charge in [0.1, 0.15) is 9.77 Å². The van der Waals surface area contributed by atoms with Gasteiger partial charge < -0.3 is 4.74 Å². The number of thiophene rings is 1. The van der Waals surface area contributed by atoms with E-state index in [4.69, 9.17) is 6.42 Å². The highest BCUT2D eigenvalue weighted by molar-refractivity contribution is 7.89. The molecule has 0 amide bonds. The molecule has 2 rings (SSSR count). The lowest BCUT2D eigenvalue weighted by Gasteiger charge is -2.20. The molecular weight excluding hydrogens is 310 g/mol. The van der Waals surface area contributed by atoms with Crippen molar-refractivity contribution >= 4 is 27.3 Å². The van der Waals surface area contributed by atoms with Gasteiger partial charge in [0.25, 0.3) is 0 Å². The molecule has 114 valence electrons. The van der Waals surface area contributed by atoms with Crippen LogP contribution in [0, 0.1) is 25.2 Å². The molecule has 1 saturated carbocycles. The van der Waals surface area contributed by atoms with Gasteiger partial charge in [0.05, 0.1) is 13.7 Å². The van der Waals surface area contributed by atoms with Gasteiger partial charge in [0, 0.05) is 6.54 Å². The van der Waals surface area contributed by atoms with Crippen molar-refractivity contribution in [2.75, 3.05) is 20.2 Å². The molecule has 1 aliphatic rings. The van der Waals surface area contributed by atoms with Crippen molar-refractivity contribution < 1.29 is 17.9 Å². The summed E-state index contributed by atoms with van der Waals surface area (Å²) in [4.78, 5) is 11.9. The summed E-state index contributed by atoms with van der Waals surface area (Å²) in [5, 5.41) is 1.64. The normalized spacial score (nSPS) is 15.0. The molecule has 1 aromatic heterocycles. The standard InChI is InChI=1S/C14H17NO4S2/c1-4-7-15(8-11-5-6-11)21(17,18)13-10(2)9-20-12(13)14(16)19-3/h1,9,11H,5-8H2,2-3H3. The number of aryl methyl sites for hydroxylation is 1. The van der Waals surface area contributed by atoms with Crippen LogP contribution >= 0.6 is 11.3 Å². The largest absolute Gasteiger partial charge is 0.465 e. The molecule has 7 heteroatoms. The zero-order valence-corrected chi connectivity index (χ0v) is 13.6. The van der Waals surface area contributed by atoms with E-state index in [0.717, 1.165) is 24.2 Å². The van der Waals surface area contributed by atoms with Gasteiger partial charge in [0.2, 0.25) is 10.0 Å². The summed E-state index contributed by atoms with van der Waals surface area (Å²) in [5.74, 6) is 2.11. The van der Waals surface area contributed by atoms with Gasteiger partial charge in [-0.15, -0.1) is 17.8 Å². The lowest BCUT2D eigenvalue weighted by atomic mass is 10.3. The molecule has 0 saturated heterocycles. The lowest BCUT2D eigenvalue weighted by molar-refractivity contribution is 0.0602. The monoisotopic (exact) mass is 327 g/mol. The van der Waals surface area contributed by atoms with Gasteiger partial charge in [0.15, 0.2) is 0 Å². The average Bonchev–Trinajstić information content (AvgIpc) is 3.17. The third kappa shape index (κ3) is 3.28. The van der Waals surface area contributed by atoms with E-state index in [2.05, 4.69) is 10.7 Å². The Hall–Kier alpha value is -1.36. The summed E-state index contributed by atoms with van der Waals surface area (Å²) < 4.78 is 31.6. The zero-order chi connectivity index (χ0) is 15.6. The second-order valence-electron chi connectivity index (χ2n) is 5.01. The van der Waals surface area contributed by atoms with Gasteiger partial charge in [-0.2, -0.15) is 4.31 Å². The van der Waals surface area contributed by atoms with Crippen molar-refractivity contribution in [2.45, 2.75) is 24.7 Å². The van der Waals surface area contributed by atoms with E-state index in [1.54, 1.807) is 12.3 Å². The van der Waals surface area contributed by atoms with Crippen LogP contribution in [-0.4, -0.2) is 38.9 Å². The molecule has 0 bridgehead atoms. The summed E-state index contributed by atoms with van der Waals surface area (Å²) in [7, 11) is -2.56. The number of terminal acetylenes is 1. The Morgan fingerprint density at radius 2 is 2.24 bits per heavy atom. The maximum absolute atomic E-state index is 12.8. The van der Waals surface area contributed by atoms with Gasteiger partial charge in [-0.3, -0.25) is 0 Å². The third-order valence-electron chi connectivity index (χ3n) is 3.31. The van der Waals surface area contributed by atoms with Gasteiger partial charge in [-0.25, -0.2) is 13.2 Å². The second kappa shape index (κ2) is 6.18. The number of methoxy groups -OCH3 is 1. The second-order valence-corrected chi connectivity index (χ2v) is 7.77. The molecule has 5 nitrogen and oxygen atoms in total. The first kappa shape index (κ1) is 16.0. The molecule has 0 spiro atoms. The molecule has 0 aromatic carbocycles. The van der Waals surface area contributed by atoms with Crippen molar-refractivity contribution in [3.8, 4) is 12.3 Å². The minimum Gasteiger partial charge on any atom is -0.465 e. The summed E-state index contributed by atoms with van der Waals surface area (Å²) in [5.41, 5.74) is 0.540. The Balaban J connectivity index is 2.44. The molecular formula is C14H17NO4S2. The van der Waals surface area contributed by atoms with Gasteiger partial charge in [-0.05, 0) is 36.6 Å². The molecule has 1 aliphatic carbocycles. The highest BCUT2D eigenvalue weighted by Gasteiger charge is 2.35. The Morgan fingerprint density at radius 1 is 1.57 bits per heavy atom. The predicted octanol–water partition coefficient (Wildman–Crippen LogP) is 1.88. The number of sulfonamides is 1. The lowest BCUT2D eigenvalue weighted by Crippen LogP contribution is -2.34. The molecule has 0 radical (unpaired) electrons. The Morgan fingerprint density at radius 3 is 2.76 bits per heavy atom. The SMILES string of the molecule is C#CCN(CC1CC1)S(=O)(=O)c1c(C)csc1C(=O)OC. The smallest absolute Gasteiger partial charge is 0.349 e. The van der Waals surface area contributed by atoms with Crippen LogP contribution in [0.15, 0.2) is 10.3 Å². The molecule has 1 heterocycles. The molecule has 0 aliphatic heterocycles. The van der Waals surface area contributed by atoms with E-state index in [0.29, 0.717) is 18.0 Å². The Bertz CT molecular complexity index is 680. The van der Waals surface area contributed by atoms with Crippen molar-refractivity contribution in [1.82, 2.24) is 4.31 Å².